The number of hydrogen-bond acceptors (Lipinski definition) is 5. The number of nitrogens with one attached hydrogen (secondary N) is 1. The molecule has 4 aromatic carbocycles. The van der Waals surface area contributed by atoms with Gasteiger partial charge in [-0.2, -0.15) is 0 Å². The second-order valence-corrected chi connectivity index (χ2v) is 11.1. The zero-order chi connectivity index (χ0) is 29.8. The molecule has 0 spiro atoms. The van der Waals surface area contributed by atoms with Gasteiger partial charge in [0.15, 0.2) is 0 Å². The van der Waals surface area contributed by atoms with Gasteiger partial charge < -0.3 is 20.1 Å². The van der Waals surface area contributed by atoms with Crippen LogP contribution >= 0.6 is 0 Å². The maximum atomic E-state index is 15.2. The van der Waals surface area contributed by atoms with Gasteiger partial charge in [0.1, 0.15) is 18.5 Å². The predicted octanol–water partition coefficient (Wildman–Crippen LogP) is 5.68. The molecule has 0 bridgehead atoms. The number of aliphatic carboxylic acids is 1. The van der Waals surface area contributed by atoms with Crippen molar-refractivity contribution in [1.29, 1.82) is 0 Å². The number of ether oxygens (including phenoxy) is 1. The van der Waals surface area contributed by atoms with Crippen molar-refractivity contribution in [2.75, 3.05) is 37.7 Å². The van der Waals surface area contributed by atoms with Crippen LogP contribution in [0.15, 0.2) is 97.1 Å². The van der Waals surface area contributed by atoms with Crippen LogP contribution in [0, 0.1) is 5.82 Å². The molecule has 1 heterocycles. The van der Waals surface area contributed by atoms with E-state index in [0.717, 1.165) is 41.9 Å². The number of carboxylic acid groups (broad SMARTS) is 1. The lowest BCUT2D eigenvalue weighted by Crippen LogP contribution is -2.47. The van der Waals surface area contributed by atoms with E-state index in [0.29, 0.717) is 24.3 Å². The molecular formula is C35H34FN3O4. The van der Waals surface area contributed by atoms with Crippen LogP contribution in [0.1, 0.15) is 28.2 Å². The maximum Gasteiger partial charge on any atom is 0.407 e. The van der Waals surface area contributed by atoms with Crippen molar-refractivity contribution < 1.29 is 23.8 Å². The lowest BCUT2D eigenvalue weighted by Gasteiger charge is -2.37. The number of piperazine rings is 1. The normalized spacial score (nSPS) is 15.4. The summed E-state index contributed by atoms with van der Waals surface area (Å²) in [6.07, 6.45) is -0.890. The Labute approximate surface area is 250 Å². The Hall–Kier alpha value is -4.69. The largest absolute Gasteiger partial charge is 0.480 e. The van der Waals surface area contributed by atoms with Crippen molar-refractivity contribution in [1.82, 2.24) is 10.2 Å². The number of fused-ring (bicyclic) bond motifs is 3. The summed E-state index contributed by atoms with van der Waals surface area (Å²) in [5, 5.41) is 12.5. The Morgan fingerprint density at radius 1 is 0.837 bits per heavy atom. The molecule has 8 heteroatoms. The van der Waals surface area contributed by atoms with E-state index < -0.39 is 23.9 Å². The third-order valence-corrected chi connectivity index (χ3v) is 8.37. The highest BCUT2D eigenvalue weighted by atomic mass is 19.1. The molecule has 6 rings (SSSR count). The van der Waals surface area contributed by atoms with Gasteiger partial charge in [-0.1, -0.05) is 91.0 Å². The number of carbonyl (C=O) groups excluding carboxylic acids is 1. The minimum Gasteiger partial charge on any atom is -0.480 e. The number of hydrogen-bond donors (Lipinski definition) is 2. The molecule has 2 N–H and O–H groups in total. The third kappa shape index (κ3) is 6.24. The fourth-order valence-electron chi connectivity index (χ4n) is 6.25. The molecule has 4 aromatic rings. The lowest BCUT2D eigenvalue weighted by atomic mass is 9.98. The van der Waals surface area contributed by atoms with Crippen LogP contribution in [0.25, 0.3) is 11.1 Å². The molecule has 1 saturated heterocycles. The first-order valence-corrected chi connectivity index (χ1v) is 14.6. The predicted molar refractivity (Wildman–Crippen MR) is 164 cm³/mol. The number of carbonyl (C=O) groups is 2. The Bertz CT molecular complexity index is 1560. The van der Waals surface area contributed by atoms with Crippen molar-refractivity contribution in [3.63, 3.8) is 0 Å². The van der Waals surface area contributed by atoms with Gasteiger partial charge in [-0.3, -0.25) is 4.90 Å². The van der Waals surface area contributed by atoms with E-state index in [1.54, 1.807) is 12.1 Å². The van der Waals surface area contributed by atoms with Crippen LogP contribution in [0.4, 0.5) is 14.9 Å². The van der Waals surface area contributed by atoms with E-state index in [1.165, 1.54) is 11.6 Å². The van der Waals surface area contributed by atoms with Crippen molar-refractivity contribution >= 4 is 17.7 Å². The summed E-state index contributed by atoms with van der Waals surface area (Å²) >= 11 is 0. The number of para-hydroxylation sites is 1. The van der Waals surface area contributed by atoms with E-state index >= 15 is 4.39 Å². The molecule has 1 unspecified atom stereocenters. The van der Waals surface area contributed by atoms with Gasteiger partial charge in [-0.25, -0.2) is 14.0 Å². The first-order chi connectivity index (χ1) is 21.0. The molecule has 0 radical (unpaired) electrons. The number of carboxylic acids is 1. The summed E-state index contributed by atoms with van der Waals surface area (Å²) in [5.41, 5.74) is 6.50. The average molecular weight is 580 g/mol. The van der Waals surface area contributed by atoms with Crippen LogP contribution in [-0.4, -0.2) is 60.9 Å². The highest BCUT2D eigenvalue weighted by Gasteiger charge is 2.31. The highest BCUT2D eigenvalue weighted by molar-refractivity contribution is 5.81. The molecule has 1 aliphatic heterocycles. The zero-order valence-corrected chi connectivity index (χ0v) is 23.8. The van der Waals surface area contributed by atoms with Gasteiger partial charge in [-0.15, -0.1) is 0 Å². The van der Waals surface area contributed by atoms with Crippen molar-refractivity contribution in [2.45, 2.75) is 24.9 Å². The van der Waals surface area contributed by atoms with Gasteiger partial charge >= 0.3 is 12.1 Å². The van der Waals surface area contributed by atoms with Crippen LogP contribution in [0.3, 0.4) is 0 Å². The zero-order valence-electron chi connectivity index (χ0n) is 23.8. The molecular weight excluding hydrogens is 545 g/mol. The number of alkyl carbamates (subject to hydrolysis) is 1. The minimum atomic E-state index is -1.28. The van der Waals surface area contributed by atoms with E-state index in [2.05, 4.69) is 34.5 Å². The molecule has 43 heavy (non-hydrogen) atoms. The minimum absolute atomic E-state index is 0.0726. The summed E-state index contributed by atoms with van der Waals surface area (Å²) in [6.45, 7) is 3.62. The second-order valence-electron chi connectivity index (χ2n) is 11.1. The molecule has 7 nitrogen and oxygen atoms in total. The van der Waals surface area contributed by atoms with Crippen LogP contribution in [0.2, 0.25) is 0 Å². The topological polar surface area (TPSA) is 82.1 Å². The Kier molecular flexibility index (Phi) is 8.38. The number of nitrogens with zero attached hydrogens (tertiary/aromatic N) is 2. The molecule has 1 atom stereocenters. The number of anilines is 1. The fourth-order valence-corrected chi connectivity index (χ4v) is 6.25. The number of halogens is 1. The molecule has 220 valence electrons. The number of benzene rings is 4. The Balaban J connectivity index is 1.10. The van der Waals surface area contributed by atoms with E-state index in [1.807, 2.05) is 59.5 Å². The van der Waals surface area contributed by atoms with E-state index in [-0.39, 0.29) is 18.9 Å². The van der Waals surface area contributed by atoms with E-state index in [4.69, 9.17) is 4.74 Å². The first-order valence-electron chi connectivity index (χ1n) is 14.6. The summed E-state index contributed by atoms with van der Waals surface area (Å²) in [5.74, 6) is -1.76. The van der Waals surface area contributed by atoms with Crippen molar-refractivity contribution in [2.24, 2.45) is 0 Å². The quantitative estimate of drug-likeness (QED) is 0.266. The SMILES string of the molecule is O=C(NC(Cc1cccc(F)c1N1CCN(Cc2ccccc2)CC1)C(=O)O)OCC1c2ccccc2-c2ccccc21. The summed E-state index contributed by atoms with van der Waals surface area (Å²) in [7, 11) is 0. The second kappa shape index (κ2) is 12.7. The molecule has 0 aromatic heterocycles. The standard InChI is InChI=1S/C35H34FN3O4/c36-31-16-8-11-25(33(31)39-19-17-38(18-20-39)22-24-9-2-1-3-10-24)21-32(34(40)41)37-35(42)43-23-30-28-14-6-4-12-26(28)27-13-5-7-15-29(27)30/h1-16,30,32H,17-23H2,(H,37,42)(H,40,41). The van der Waals surface area contributed by atoms with Crippen LogP contribution in [0.5, 0.6) is 0 Å². The van der Waals surface area contributed by atoms with Gasteiger partial charge in [0.25, 0.3) is 0 Å². The summed E-state index contributed by atoms with van der Waals surface area (Å²) in [6, 6.07) is 29.7. The highest BCUT2D eigenvalue weighted by Crippen LogP contribution is 2.44. The summed E-state index contributed by atoms with van der Waals surface area (Å²) in [4.78, 5) is 29.4. The Morgan fingerprint density at radius 3 is 2.12 bits per heavy atom. The van der Waals surface area contributed by atoms with Gasteiger partial charge in [-0.05, 0) is 39.4 Å². The Morgan fingerprint density at radius 2 is 1.47 bits per heavy atom. The molecule has 1 fully saturated rings. The fraction of sp³-hybridized carbons (Fsp3) is 0.257. The third-order valence-electron chi connectivity index (χ3n) is 8.37. The number of amides is 1. The molecule has 2 aliphatic rings. The molecule has 1 aliphatic carbocycles. The van der Waals surface area contributed by atoms with Gasteiger partial charge in [0.2, 0.25) is 0 Å². The maximum absolute atomic E-state index is 15.2. The van der Waals surface area contributed by atoms with Crippen molar-refractivity contribution in [3.05, 3.63) is 125 Å². The summed E-state index contributed by atoms with van der Waals surface area (Å²) < 4.78 is 20.8. The van der Waals surface area contributed by atoms with Crippen molar-refractivity contribution in [3.8, 4) is 11.1 Å². The average Bonchev–Trinajstić information content (AvgIpc) is 3.34. The smallest absolute Gasteiger partial charge is 0.407 e. The molecule has 1 amide bonds. The van der Waals surface area contributed by atoms with Gasteiger partial charge in [0.05, 0.1) is 5.69 Å². The van der Waals surface area contributed by atoms with Crippen LogP contribution in [-0.2, 0) is 22.5 Å². The molecule has 0 saturated carbocycles. The van der Waals surface area contributed by atoms with E-state index in [9.17, 15) is 14.7 Å². The number of rotatable bonds is 9. The lowest BCUT2D eigenvalue weighted by molar-refractivity contribution is -0.139. The van der Waals surface area contributed by atoms with Gasteiger partial charge in [0, 0.05) is 45.1 Å². The van der Waals surface area contributed by atoms with Crippen LogP contribution < -0.4 is 10.2 Å². The monoisotopic (exact) mass is 579 g/mol. The first kappa shape index (κ1) is 28.4.